The van der Waals surface area contributed by atoms with Crippen LogP contribution in [0.3, 0.4) is 0 Å². The molecule has 0 radical (unpaired) electrons. The van der Waals surface area contributed by atoms with Crippen molar-refractivity contribution in [3.63, 3.8) is 0 Å². The summed E-state index contributed by atoms with van der Waals surface area (Å²) >= 11 is 0. The fourth-order valence-electron chi connectivity index (χ4n) is 2.81. The van der Waals surface area contributed by atoms with Crippen molar-refractivity contribution in [2.75, 3.05) is 0 Å². The first-order valence-electron chi connectivity index (χ1n) is 8.03. The minimum absolute atomic E-state index is 0.0158. The highest BCUT2D eigenvalue weighted by molar-refractivity contribution is 5.99. The van der Waals surface area contributed by atoms with Gasteiger partial charge in [-0.3, -0.25) is 4.79 Å². The lowest BCUT2D eigenvalue weighted by atomic mass is 10.0. The number of aryl methyl sites for hydroxylation is 2. The van der Waals surface area contributed by atoms with Gasteiger partial charge in [0.05, 0.1) is 5.71 Å². The van der Waals surface area contributed by atoms with Gasteiger partial charge in [-0.05, 0) is 61.4 Å². The molecule has 3 nitrogen and oxygen atoms in total. The first kappa shape index (κ1) is 15.5. The zero-order valence-electron chi connectivity index (χ0n) is 13.8. The van der Waals surface area contributed by atoms with Crippen LogP contribution in [0.4, 0.5) is 0 Å². The molecule has 1 aliphatic rings. The largest absolute Gasteiger partial charge is 0.273 e. The van der Waals surface area contributed by atoms with Crippen LogP contribution < -0.4 is 5.43 Å². The van der Waals surface area contributed by atoms with Crippen LogP contribution in [-0.4, -0.2) is 11.6 Å². The Labute approximate surface area is 137 Å². The Bertz CT molecular complexity index is 749. The molecule has 1 saturated carbocycles. The summed E-state index contributed by atoms with van der Waals surface area (Å²) in [6.07, 6.45) is 0.911. The van der Waals surface area contributed by atoms with E-state index >= 15 is 0 Å². The maximum atomic E-state index is 12.2. The summed E-state index contributed by atoms with van der Waals surface area (Å²) in [6.45, 7) is 6.09. The fraction of sp³-hybridized carbons (Fsp3) is 0.300. The van der Waals surface area contributed by atoms with E-state index in [9.17, 15) is 4.79 Å². The van der Waals surface area contributed by atoms with Crippen LogP contribution in [0.15, 0.2) is 53.6 Å². The predicted molar refractivity (Wildman–Crippen MR) is 93.6 cm³/mol. The Hall–Kier alpha value is -2.42. The van der Waals surface area contributed by atoms with E-state index in [0.29, 0.717) is 5.92 Å². The van der Waals surface area contributed by atoms with E-state index in [0.717, 1.165) is 17.7 Å². The van der Waals surface area contributed by atoms with Crippen LogP contribution in [0.1, 0.15) is 41.5 Å². The van der Waals surface area contributed by atoms with Crippen LogP contribution >= 0.6 is 0 Å². The number of nitrogens with one attached hydrogen (secondary N) is 1. The molecule has 118 valence electrons. The number of hydrogen-bond donors (Lipinski definition) is 1. The van der Waals surface area contributed by atoms with Crippen molar-refractivity contribution in [3.05, 3.63) is 70.8 Å². The molecule has 0 aromatic heterocycles. The number of amides is 1. The first-order chi connectivity index (χ1) is 11.1. The molecule has 3 heteroatoms. The Balaban J connectivity index is 1.61. The average Bonchev–Trinajstić information content (AvgIpc) is 3.36. The minimum atomic E-state index is 0.0158. The van der Waals surface area contributed by atoms with Crippen molar-refractivity contribution in [2.24, 2.45) is 11.0 Å². The smallest absolute Gasteiger partial charge is 0.243 e. The van der Waals surface area contributed by atoms with E-state index in [2.05, 4.69) is 48.6 Å². The molecule has 0 saturated heterocycles. The molecule has 0 bridgehead atoms. The maximum Gasteiger partial charge on any atom is 0.243 e. The molecular weight excluding hydrogens is 284 g/mol. The fourth-order valence-corrected chi connectivity index (χ4v) is 2.81. The Morgan fingerprint density at radius 1 is 1.09 bits per heavy atom. The van der Waals surface area contributed by atoms with Crippen LogP contribution in [0.25, 0.3) is 0 Å². The third kappa shape index (κ3) is 3.50. The van der Waals surface area contributed by atoms with E-state index in [1.54, 1.807) is 0 Å². The number of hydrogen-bond acceptors (Lipinski definition) is 2. The van der Waals surface area contributed by atoms with Crippen molar-refractivity contribution in [2.45, 2.75) is 33.1 Å². The Morgan fingerprint density at radius 3 is 2.52 bits per heavy atom. The highest BCUT2D eigenvalue weighted by atomic mass is 16.2. The maximum absolute atomic E-state index is 12.2. The molecule has 2 aromatic carbocycles. The van der Waals surface area contributed by atoms with E-state index in [1.807, 2.05) is 31.2 Å². The van der Waals surface area contributed by atoms with E-state index < -0.39 is 0 Å². The van der Waals surface area contributed by atoms with Crippen LogP contribution in [0.2, 0.25) is 0 Å². The van der Waals surface area contributed by atoms with Gasteiger partial charge >= 0.3 is 0 Å². The summed E-state index contributed by atoms with van der Waals surface area (Å²) in [6, 6.07) is 16.4. The molecule has 23 heavy (non-hydrogen) atoms. The Morgan fingerprint density at radius 2 is 1.83 bits per heavy atom. The summed E-state index contributed by atoms with van der Waals surface area (Å²) < 4.78 is 0. The van der Waals surface area contributed by atoms with Crippen molar-refractivity contribution in [1.29, 1.82) is 0 Å². The summed E-state index contributed by atoms with van der Waals surface area (Å²) in [4.78, 5) is 12.2. The quantitative estimate of drug-likeness (QED) is 0.674. The number of carbonyl (C=O) groups excluding carboxylic acids is 1. The van der Waals surface area contributed by atoms with Crippen molar-refractivity contribution < 1.29 is 4.79 Å². The predicted octanol–water partition coefficient (Wildman–Crippen LogP) is 3.95. The van der Waals surface area contributed by atoms with E-state index in [4.69, 9.17) is 0 Å². The van der Waals surface area contributed by atoms with Gasteiger partial charge in [0.1, 0.15) is 0 Å². The molecule has 0 aliphatic heterocycles. The third-order valence-electron chi connectivity index (χ3n) is 4.61. The number of benzene rings is 2. The summed E-state index contributed by atoms with van der Waals surface area (Å²) in [5.74, 6) is 0.407. The van der Waals surface area contributed by atoms with Gasteiger partial charge in [0.25, 0.3) is 0 Å². The second-order valence-electron chi connectivity index (χ2n) is 6.33. The second kappa shape index (κ2) is 6.37. The lowest BCUT2D eigenvalue weighted by molar-refractivity contribution is -0.122. The van der Waals surface area contributed by atoms with Crippen LogP contribution in [0, 0.1) is 19.8 Å². The van der Waals surface area contributed by atoms with Crippen molar-refractivity contribution in [1.82, 2.24) is 5.43 Å². The molecule has 3 rings (SSSR count). The molecule has 1 amide bonds. The van der Waals surface area contributed by atoms with Gasteiger partial charge in [-0.15, -0.1) is 0 Å². The molecule has 2 atom stereocenters. The normalized spacial score (nSPS) is 20.2. The molecule has 0 unspecified atom stereocenters. The standard InChI is InChI=1S/C20H22N2O/c1-13-9-10-17(11-14(13)2)15(3)21-22-20(23)19-12-18(19)16-7-5-4-6-8-16/h4-11,18-19H,12H2,1-3H3,(H,22,23)/b21-15-/t18-,19+/m0/s1. The number of nitrogens with zero attached hydrogens (tertiary/aromatic N) is 1. The number of carbonyl (C=O) groups is 1. The third-order valence-corrected chi connectivity index (χ3v) is 4.61. The lowest BCUT2D eigenvalue weighted by Crippen LogP contribution is -2.21. The van der Waals surface area contributed by atoms with Gasteiger partial charge < -0.3 is 0 Å². The second-order valence-corrected chi connectivity index (χ2v) is 6.33. The zero-order valence-corrected chi connectivity index (χ0v) is 13.8. The SMILES string of the molecule is C/C(=N/NC(=O)[C@@H]1C[C@H]1c1ccccc1)c1ccc(C)c(C)c1. The monoisotopic (exact) mass is 306 g/mol. The summed E-state index contributed by atoms with van der Waals surface area (Å²) in [7, 11) is 0. The molecular formula is C20H22N2O. The lowest BCUT2D eigenvalue weighted by Gasteiger charge is -2.06. The van der Waals surface area contributed by atoms with Crippen LogP contribution in [0.5, 0.6) is 0 Å². The highest BCUT2D eigenvalue weighted by Crippen LogP contribution is 2.47. The van der Waals surface area contributed by atoms with Gasteiger partial charge in [0.15, 0.2) is 0 Å². The molecule has 0 heterocycles. The molecule has 1 fully saturated rings. The van der Waals surface area contributed by atoms with E-state index in [1.165, 1.54) is 16.7 Å². The number of hydrazone groups is 1. The Kier molecular flexibility index (Phi) is 4.28. The first-order valence-corrected chi connectivity index (χ1v) is 8.03. The summed E-state index contributed by atoms with van der Waals surface area (Å²) in [5, 5.41) is 4.27. The van der Waals surface area contributed by atoms with Gasteiger partial charge in [0.2, 0.25) is 5.91 Å². The highest BCUT2D eigenvalue weighted by Gasteiger charge is 2.43. The van der Waals surface area contributed by atoms with E-state index in [-0.39, 0.29) is 11.8 Å². The zero-order chi connectivity index (χ0) is 16.4. The van der Waals surface area contributed by atoms with Gasteiger partial charge in [-0.1, -0.05) is 42.5 Å². The van der Waals surface area contributed by atoms with Crippen molar-refractivity contribution >= 4 is 11.6 Å². The molecule has 1 aliphatic carbocycles. The van der Waals surface area contributed by atoms with Gasteiger partial charge in [-0.25, -0.2) is 5.43 Å². The van der Waals surface area contributed by atoms with Gasteiger partial charge in [0, 0.05) is 5.92 Å². The minimum Gasteiger partial charge on any atom is -0.273 e. The van der Waals surface area contributed by atoms with Crippen LogP contribution in [-0.2, 0) is 4.79 Å². The molecule has 0 spiro atoms. The number of rotatable bonds is 4. The van der Waals surface area contributed by atoms with Crippen molar-refractivity contribution in [3.8, 4) is 0 Å². The summed E-state index contributed by atoms with van der Waals surface area (Å²) in [5.41, 5.74) is 8.33. The topological polar surface area (TPSA) is 41.5 Å². The van der Waals surface area contributed by atoms with Gasteiger partial charge in [-0.2, -0.15) is 5.10 Å². The molecule has 2 aromatic rings. The molecule has 1 N–H and O–H groups in total. The average molecular weight is 306 g/mol.